The van der Waals surface area contributed by atoms with Crippen LogP contribution < -0.4 is 5.01 Å². The first-order valence-corrected chi connectivity index (χ1v) is 10.8. The van der Waals surface area contributed by atoms with Crippen molar-refractivity contribution in [3.8, 4) is 0 Å². The number of amides is 1. The molecule has 2 heterocycles. The average Bonchev–Trinajstić information content (AvgIpc) is 2.93. The first-order valence-electron chi connectivity index (χ1n) is 9.36. The normalized spacial score (nSPS) is 17.2. The predicted molar refractivity (Wildman–Crippen MR) is 119 cm³/mol. The zero-order chi connectivity index (χ0) is 22.4. The van der Waals surface area contributed by atoms with Crippen molar-refractivity contribution < 1.29 is 14.3 Å². The summed E-state index contributed by atoms with van der Waals surface area (Å²) < 4.78 is 14.2. The van der Waals surface area contributed by atoms with Crippen molar-refractivity contribution in [2.75, 3.05) is 17.1 Å². The van der Waals surface area contributed by atoms with E-state index in [0.717, 1.165) is 0 Å². The fourth-order valence-corrected chi connectivity index (χ4v) is 2.92. The standard InChI is InChI=1S/C18H24FN5O2S.C2H6/c1-11(2)23-17(25)12(9-20-5)16(21-10-27-6)24(23)14-8-7-13(19)15(22-14)18(3,4)26;1-2/h7-9,11,26H,5,10H2,1-4,6H3;1-2H3/b12-9+,21-16+;. The van der Waals surface area contributed by atoms with E-state index in [-0.39, 0.29) is 29.0 Å². The minimum absolute atomic E-state index is 0.111. The average molecular weight is 424 g/mol. The van der Waals surface area contributed by atoms with Crippen LogP contribution in [-0.4, -0.2) is 51.7 Å². The van der Waals surface area contributed by atoms with Crippen molar-refractivity contribution in [2.24, 2.45) is 9.98 Å². The number of aliphatic hydroxyl groups is 1. The highest BCUT2D eigenvalue weighted by Crippen LogP contribution is 2.31. The third kappa shape index (κ3) is 5.42. The van der Waals surface area contributed by atoms with Crippen LogP contribution in [0.1, 0.15) is 47.2 Å². The Morgan fingerprint density at radius 2 is 2.00 bits per heavy atom. The molecule has 0 unspecified atom stereocenters. The molecule has 1 fully saturated rings. The summed E-state index contributed by atoms with van der Waals surface area (Å²) in [6, 6.07) is 2.45. The third-order valence-electron chi connectivity index (χ3n) is 3.78. The zero-order valence-corrected chi connectivity index (χ0v) is 18.9. The smallest absolute Gasteiger partial charge is 0.278 e. The number of amidine groups is 1. The van der Waals surface area contributed by atoms with Crippen molar-refractivity contribution in [3.63, 3.8) is 0 Å². The van der Waals surface area contributed by atoms with Crippen molar-refractivity contribution >= 4 is 36.0 Å². The molecule has 9 heteroatoms. The van der Waals surface area contributed by atoms with E-state index in [1.807, 2.05) is 34.0 Å². The second-order valence-corrected chi connectivity index (χ2v) is 7.57. The van der Waals surface area contributed by atoms with E-state index in [2.05, 4.69) is 21.7 Å². The number of carbonyl (C=O) groups is 1. The number of nitrogens with zero attached hydrogens (tertiary/aromatic N) is 5. The van der Waals surface area contributed by atoms with E-state index >= 15 is 0 Å². The monoisotopic (exact) mass is 423 g/mol. The molecule has 7 nitrogen and oxygen atoms in total. The summed E-state index contributed by atoms with van der Waals surface area (Å²) in [5.41, 5.74) is -1.31. The molecule has 29 heavy (non-hydrogen) atoms. The second-order valence-electron chi connectivity index (χ2n) is 6.74. The van der Waals surface area contributed by atoms with Crippen LogP contribution in [0.3, 0.4) is 0 Å². The molecule has 1 aromatic heterocycles. The number of halogens is 1. The molecule has 0 aliphatic carbocycles. The van der Waals surface area contributed by atoms with Crippen molar-refractivity contribution in [2.45, 2.75) is 53.2 Å². The van der Waals surface area contributed by atoms with Gasteiger partial charge in [0.1, 0.15) is 22.7 Å². The molecule has 1 saturated heterocycles. The number of hydrogen-bond acceptors (Lipinski definition) is 6. The second kappa shape index (κ2) is 10.5. The van der Waals surface area contributed by atoms with Gasteiger partial charge in [-0.25, -0.2) is 19.4 Å². The highest BCUT2D eigenvalue weighted by molar-refractivity contribution is 7.98. The fraction of sp³-hybridized carbons (Fsp3) is 0.500. The van der Waals surface area contributed by atoms with E-state index in [0.29, 0.717) is 11.7 Å². The van der Waals surface area contributed by atoms with Gasteiger partial charge in [0.2, 0.25) is 0 Å². The molecule has 160 valence electrons. The predicted octanol–water partition coefficient (Wildman–Crippen LogP) is 3.75. The Hall–Kier alpha value is -2.26. The van der Waals surface area contributed by atoms with Crippen LogP contribution >= 0.6 is 11.8 Å². The van der Waals surface area contributed by atoms with Crippen LogP contribution in [0.5, 0.6) is 0 Å². The quantitative estimate of drug-likeness (QED) is 0.557. The Morgan fingerprint density at radius 3 is 2.48 bits per heavy atom. The molecule has 2 rings (SSSR count). The zero-order valence-electron chi connectivity index (χ0n) is 18.1. The lowest BCUT2D eigenvalue weighted by Gasteiger charge is -2.32. The maximum atomic E-state index is 14.2. The Balaban J connectivity index is 0.00000204. The molecule has 1 aliphatic heterocycles. The van der Waals surface area contributed by atoms with Gasteiger partial charge in [-0.05, 0) is 52.8 Å². The van der Waals surface area contributed by atoms with Gasteiger partial charge in [-0.1, -0.05) is 13.8 Å². The molecular weight excluding hydrogens is 393 g/mol. The Labute approximate surface area is 176 Å². The Bertz CT molecular complexity index is 803. The van der Waals surface area contributed by atoms with Crippen LogP contribution in [-0.2, 0) is 10.4 Å². The largest absolute Gasteiger partial charge is 0.384 e. The molecule has 1 aromatic rings. The number of aromatic nitrogens is 1. The molecular formula is C20H30FN5O2S. The molecule has 0 aromatic carbocycles. The van der Waals surface area contributed by atoms with Gasteiger partial charge >= 0.3 is 0 Å². The van der Waals surface area contributed by atoms with Gasteiger partial charge in [-0.15, -0.1) is 11.8 Å². The summed E-state index contributed by atoms with van der Waals surface area (Å²) in [5, 5.41) is 13.3. The van der Waals surface area contributed by atoms with Gasteiger partial charge in [-0.2, -0.15) is 0 Å². The number of aliphatic imine (C=N–C) groups is 2. The Morgan fingerprint density at radius 1 is 1.38 bits per heavy atom. The number of pyridine rings is 1. The van der Waals surface area contributed by atoms with Crippen molar-refractivity contribution in [1.29, 1.82) is 0 Å². The number of anilines is 1. The molecule has 0 spiro atoms. The molecule has 0 saturated carbocycles. The fourth-order valence-electron chi connectivity index (χ4n) is 2.67. The number of rotatable bonds is 6. The highest BCUT2D eigenvalue weighted by atomic mass is 32.2. The van der Waals surface area contributed by atoms with Crippen molar-refractivity contribution in [3.05, 3.63) is 35.4 Å². The van der Waals surface area contributed by atoms with E-state index in [1.165, 1.54) is 54.0 Å². The van der Waals surface area contributed by atoms with Crippen LogP contribution in [0.4, 0.5) is 10.2 Å². The lowest BCUT2D eigenvalue weighted by molar-refractivity contribution is -0.126. The molecule has 1 N–H and O–H groups in total. The van der Waals surface area contributed by atoms with Crippen LogP contribution in [0, 0.1) is 5.82 Å². The summed E-state index contributed by atoms with van der Waals surface area (Å²) in [6.07, 6.45) is 3.25. The van der Waals surface area contributed by atoms with E-state index in [1.54, 1.807) is 0 Å². The van der Waals surface area contributed by atoms with Gasteiger partial charge in [0, 0.05) is 12.2 Å². The van der Waals surface area contributed by atoms with Crippen LogP contribution in [0.25, 0.3) is 0 Å². The number of thioether (sulfide) groups is 1. The minimum atomic E-state index is -1.48. The maximum absolute atomic E-state index is 14.2. The molecule has 1 amide bonds. The van der Waals surface area contributed by atoms with Gasteiger partial charge in [0.15, 0.2) is 11.7 Å². The molecule has 0 atom stereocenters. The van der Waals surface area contributed by atoms with E-state index in [4.69, 9.17) is 0 Å². The maximum Gasteiger partial charge on any atom is 0.278 e. The summed E-state index contributed by atoms with van der Waals surface area (Å²) in [7, 11) is 0. The summed E-state index contributed by atoms with van der Waals surface area (Å²) >= 11 is 1.49. The third-order valence-corrected chi connectivity index (χ3v) is 4.16. The topological polar surface area (TPSA) is 81.4 Å². The Kier molecular flexibility index (Phi) is 8.97. The minimum Gasteiger partial charge on any atom is -0.384 e. The van der Waals surface area contributed by atoms with E-state index in [9.17, 15) is 14.3 Å². The van der Waals surface area contributed by atoms with Gasteiger partial charge in [-0.3, -0.25) is 14.8 Å². The lowest BCUT2D eigenvalue weighted by Crippen LogP contribution is -2.46. The summed E-state index contributed by atoms with van der Waals surface area (Å²) in [4.78, 5) is 25.4. The van der Waals surface area contributed by atoms with Gasteiger partial charge in [0.25, 0.3) is 5.91 Å². The number of hydrogen-bond donors (Lipinski definition) is 1. The molecule has 0 bridgehead atoms. The SMILES string of the molecule is C=N/C=C1/C(=O)N(C(C)C)N(c2ccc(F)c(C(C)(C)O)n2)/C1=N/CSC.CC. The molecule has 0 radical (unpaired) electrons. The van der Waals surface area contributed by atoms with Crippen LogP contribution in [0.2, 0.25) is 0 Å². The highest BCUT2D eigenvalue weighted by Gasteiger charge is 2.42. The first-order chi connectivity index (χ1) is 13.6. The van der Waals surface area contributed by atoms with Gasteiger partial charge in [0.05, 0.1) is 5.88 Å². The summed E-state index contributed by atoms with van der Waals surface area (Å²) in [5.74, 6) is 0.130. The summed E-state index contributed by atoms with van der Waals surface area (Å²) in [6.45, 7) is 14.0. The number of carbonyl (C=O) groups excluding carboxylic acids is 1. The van der Waals surface area contributed by atoms with Gasteiger partial charge < -0.3 is 5.11 Å². The van der Waals surface area contributed by atoms with Crippen LogP contribution in [0.15, 0.2) is 33.9 Å². The van der Waals surface area contributed by atoms with Crippen molar-refractivity contribution in [1.82, 2.24) is 9.99 Å². The first kappa shape index (κ1) is 24.8. The molecule has 1 aliphatic rings. The number of hydrazine groups is 1. The van der Waals surface area contributed by atoms with E-state index < -0.39 is 11.4 Å². The lowest BCUT2D eigenvalue weighted by atomic mass is 10.0.